The third kappa shape index (κ3) is 5.83. The summed E-state index contributed by atoms with van der Waals surface area (Å²) in [7, 11) is 0. The third-order valence-electron chi connectivity index (χ3n) is 6.41. The molecule has 0 atom stereocenters. The van der Waals surface area contributed by atoms with Crippen LogP contribution in [-0.2, 0) is 6.42 Å². The third-order valence-corrected chi connectivity index (χ3v) is 6.41. The molecule has 2 aromatic carbocycles. The van der Waals surface area contributed by atoms with Gasteiger partial charge in [0.1, 0.15) is 0 Å². The van der Waals surface area contributed by atoms with Crippen LogP contribution in [0, 0.1) is 5.41 Å². The highest BCUT2D eigenvalue weighted by molar-refractivity contribution is 5.98. The van der Waals surface area contributed by atoms with E-state index >= 15 is 0 Å². The van der Waals surface area contributed by atoms with E-state index < -0.39 is 0 Å². The maximum atomic E-state index is 7.95. The average molecular weight is 483 g/mol. The maximum absolute atomic E-state index is 7.95. The zero-order valence-electron chi connectivity index (χ0n) is 21.1. The summed E-state index contributed by atoms with van der Waals surface area (Å²) in [6, 6.07) is 16.3. The second-order valence-corrected chi connectivity index (χ2v) is 8.66. The predicted molar refractivity (Wildman–Crippen MR) is 145 cm³/mol. The number of benzene rings is 2. The van der Waals surface area contributed by atoms with Crippen molar-refractivity contribution in [3.8, 4) is 22.3 Å². The number of nitrogens with two attached hydrogens (primary N) is 1. The van der Waals surface area contributed by atoms with Crippen molar-refractivity contribution in [2.75, 3.05) is 19.6 Å². The van der Waals surface area contributed by atoms with E-state index in [0.29, 0.717) is 5.56 Å². The highest BCUT2D eigenvalue weighted by Crippen LogP contribution is 2.27. The standard InChI is InChI=1S/C26H28N8.C2H6/c27-25(31-32-28)22-6-4-5-21(15-22)24-17-30-34-18-23(16-29-26(24)34)20-9-7-19(8-10-20)11-14-33-12-2-1-3-13-33;1-2/h4-10,15-18H,1-3,11-14H2,(H3,27,28,31);1-2H3. The molecule has 0 bridgehead atoms. The van der Waals surface area contributed by atoms with Gasteiger partial charge in [-0.3, -0.25) is 5.41 Å². The van der Waals surface area contributed by atoms with E-state index in [1.807, 2.05) is 44.4 Å². The maximum Gasteiger partial charge on any atom is 0.176 e. The number of nitrogens with one attached hydrogen (secondary N) is 1. The van der Waals surface area contributed by atoms with Crippen LogP contribution in [0.1, 0.15) is 44.2 Å². The lowest BCUT2D eigenvalue weighted by molar-refractivity contribution is 0.231. The fourth-order valence-electron chi connectivity index (χ4n) is 4.51. The lowest BCUT2D eigenvalue weighted by Crippen LogP contribution is -2.31. The van der Waals surface area contributed by atoms with Gasteiger partial charge in [-0.1, -0.05) is 68.0 Å². The van der Waals surface area contributed by atoms with Gasteiger partial charge in [0.2, 0.25) is 0 Å². The number of likely N-dealkylation sites (tertiary alicyclic amines) is 1. The summed E-state index contributed by atoms with van der Waals surface area (Å²) >= 11 is 0. The van der Waals surface area contributed by atoms with Crippen LogP contribution in [0.3, 0.4) is 0 Å². The number of rotatable bonds is 6. The van der Waals surface area contributed by atoms with Crippen LogP contribution in [0.15, 0.2) is 77.5 Å². The molecule has 0 saturated carbocycles. The first kappa shape index (κ1) is 25.2. The molecule has 1 saturated heterocycles. The minimum Gasteiger partial charge on any atom is -0.305 e. The van der Waals surface area contributed by atoms with Crippen molar-refractivity contribution in [2.24, 2.45) is 16.2 Å². The van der Waals surface area contributed by atoms with Gasteiger partial charge in [-0.25, -0.2) is 9.50 Å². The van der Waals surface area contributed by atoms with E-state index in [-0.39, 0.29) is 5.84 Å². The Labute approximate surface area is 212 Å². The van der Waals surface area contributed by atoms with Crippen molar-refractivity contribution in [1.29, 1.82) is 5.41 Å². The van der Waals surface area contributed by atoms with Crippen molar-refractivity contribution < 1.29 is 0 Å². The molecular weight excluding hydrogens is 448 g/mol. The molecule has 0 spiro atoms. The molecule has 3 N–H and O–H groups in total. The molecule has 8 nitrogen and oxygen atoms in total. The Bertz CT molecular complexity index is 1320. The number of fused-ring (bicyclic) bond motifs is 1. The molecule has 5 rings (SSSR count). The van der Waals surface area contributed by atoms with E-state index in [1.54, 1.807) is 16.8 Å². The molecule has 4 aromatic rings. The van der Waals surface area contributed by atoms with Crippen molar-refractivity contribution in [3.63, 3.8) is 0 Å². The smallest absolute Gasteiger partial charge is 0.176 e. The molecule has 36 heavy (non-hydrogen) atoms. The van der Waals surface area contributed by atoms with E-state index in [2.05, 4.69) is 44.6 Å². The topological polar surface area (TPSA) is 108 Å². The number of hydrogen-bond acceptors (Lipinski definition) is 5. The second-order valence-electron chi connectivity index (χ2n) is 8.66. The monoisotopic (exact) mass is 482 g/mol. The van der Waals surface area contributed by atoms with E-state index in [1.165, 1.54) is 37.9 Å². The second kappa shape index (κ2) is 12.2. The molecule has 0 radical (unpaired) electrons. The molecule has 8 heteroatoms. The van der Waals surface area contributed by atoms with Gasteiger partial charge >= 0.3 is 0 Å². The lowest BCUT2D eigenvalue weighted by atomic mass is 10.0. The Morgan fingerprint density at radius 2 is 1.75 bits per heavy atom. The molecule has 2 aromatic heterocycles. The molecular formula is C28H34N8. The van der Waals surface area contributed by atoms with Crippen LogP contribution in [0.4, 0.5) is 0 Å². The molecule has 186 valence electrons. The fourth-order valence-corrected chi connectivity index (χ4v) is 4.51. The highest BCUT2D eigenvalue weighted by atomic mass is 15.3. The Morgan fingerprint density at radius 1 is 0.972 bits per heavy atom. The Balaban J connectivity index is 0.00000148. The zero-order chi connectivity index (χ0) is 25.3. The van der Waals surface area contributed by atoms with Crippen LogP contribution in [0.25, 0.3) is 27.9 Å². The van der Waals surface area contributed by atoms with Gasteiger partial charge in [0, 0.05) is 35.6 Å². The van der Waals surface area contributed by atoms with Crippen LogP contribution < -0.4 is 5.84 Å². The van der Waals surface area contributed by atoms with Crippen LogP contribution in [0.2, 0.25) is 0 Å². The number of nitrogens with zero attached hydrogens (tertiary/aromatic N) is 6. The Kier molecular flexibility index (Phi) is 8.52. The summed E-state index contributed by atoms with van der Waals surface area (Å²) in [5.41, 5.74) is 6.68. The molecule has 1 aliphatic heterocycles. The zero-order valence-corrected chi connectivity index (χ0v) is 21.1. The fraction of sp³-hybridized carbons (Fsp3) is 0.321. The SMILES string of the molecule is CC.N=C(N=NN)c1cccc(-c2cnn3cc(-c4ccc(CCN5CCCCC5)cc4)cnc23)c1. The normalized spacial score (nSPS) is 14.1. The van der Waals surface area contributed by atoms with Crippen molar-refractivity contribution in [1.82, 2.24) is 19.5 Å². The molecule has 0 aliphatic carbocycles. The van der Waals surface area contributed by atoms with Crippen molar-refractivity contribution in [2.45, 2.75) is 39.5 Å². The number of amidine groups is 1. The molecule has 1 aliphatic rings. The summed E-state index contributed by atoms with van der Waals surface area (Å²) in [5, 5.41) is 19.3. The lowest BCUT2D eigenvalue weighted by Gasteiger charge is -2.26. The van der Waals surface area contributed by atoms with Gasteiger partial charge in [-0.05, 0) is 55.1 Å². The van der Waals surface area contributed by atoms with Crippen LogP contribution in [-0.4, -0.2) is 45.0 Å². The molecule has 3 heterocycles. The van der Waals surface area contributed by atoms with E-state index in [9.17, 15) is 0 Å². The number of aromatic nitrogens is 3. The Hall–Kier alpha value is -3.91. The van der Waals surface area contributed by atoms with Crippen molar-refractivity contribution >= 4 is 11.5 Å². The summed E-state index contributed by atoms with van der Waals surface area (Å²) in [4.78, 5) is 7.28. The highest BCUT2D eigenvalue weighted by Gasteiger charge is 2.12. The van der Waals surface area contributed by atoms with Crippen LogP contribution in [0.5, 0.6) is 0 Å². The van der Waals surface area contributed by atoms with Gasteiger partial charge in [0.05, 0.1) is 6.20 Å². The summed E-state index contributed by atoms with van der Waals surface area (Å²) in [5.74, 6) is 5.09. The molecule has 0 unspecified atom stereocenters. The number of hydrogen-bond donors (Lipinski definition) is 2. The molecule has 0 amide bonds. The van der Waals surface area contributed by atoms with E-state index in [4.69, 9.17) is 16.2 Å². The summed E-state index contributed by atoms with van der Waals surface area (Å²) < 4.78 is 1.80. The van der Waals surface area contributed by atoms with E-state index in [0.717, 1.165) is 40.9 Å². The Morgan fingerprint density at radius 3 is 2.50 bits per heavy atom. The minimum absolute atomic E-state index is 0.00967. The van der Waals surface area contributed by atoms with Crippen molar-refractivity contribution in [3.05, 3.63) is 78.2 Å². The van der Waals surface area contributed by atoms with Crippen LogP contribution >= 0.6 is 0 Å². The van der Waals surface area contributed by atoms with Gasteiger partial charge in [0.15, 0.2) is 11.5 Å². The summed E-state index contributed by atoms with van der Waals surface area (Å²) in [6.45, 7) is 7.61. The van der Waals surface area contributed by atoms with Gasteiger partial charge < -0.3 is 10.7 Å². The quantitative estimate of drug-likeness (QED) is 0.120. The van der Waals surface area contributed by atoms with Gasteiger partial charge in [0.25, 0.3) is 0 Å². The molecule has 1 fully saturated rings. The summed E-state index contributed by atoms with van der Waals surface area (Å²) in [6.07, 6.45) is 10.8. The average Bonchev–Trinajstić information content (AvgIpc) is 3.37. The first-order valence-electron chi connectivity index (χ1n) is 12.7. The first-order valence-corrected chi connectivity index (χ1v) is 12.7. The predicted octanol–water partition coefficient (Wildman–Crippen LogP) is 5.77. The largest absolute Gasteiger partial charge is 0.305 e. The minimum atomic E-state index is 0.00967. The van der Waals surface area contributed by atoms with Gasteiger partial charge in [-0.15, -0.1) is 5.11 Å². The van der Waals surface area contributed by atoms with Gasteiger partial charge in [-0.2, -0.15) is 5.10 Å². The first-order chi connectivity index (χ1) is 17.7. The number of piperidine rings is 1.